The molecule has 1 aliphatic carbocycles. The van der Waals surface area contributed by atoms with Crippen LogP contribution in [0, 0.1) is 12.8 Å². The quantitative estimate of drug-likeness (QED) is 0.286. The fraction of sp³-hybridized carbons (Fsp3) is 0. The van der Waals surface area contributed by atoms with Gasteiger partial charge in [-0.25, -0.2) is 0 Å². The van der Waals surface area contributed by atoms with E-state index in [0.717, 1.165) is 0 Å². The van der Waals surface area contributed by atoms with Crippen molar-refractivity contribution in [2.24, 2.45) is 0 Å². The molecule has 0 atom stereocenters. The van der Waals surface area contributed by atoms with E-state index in [-0.39, 0.29) is 59.1 Å². The van der Waals surface area contributed by atoms with Crippen molar-refractivity contribution in [3.63, 3.8) is 0 Å². The van der Waals surface area contributed by atoms with Crippen LogP contribution in [0.3, 0.4) is 0 Å². The molecule has 2 aromatic rings. The maximum atomic E-state index is 2.24. The van der Waals surface area contributed by atoms with Gasteiger partial charge >= 0.3 is 59.1 Å². The third kappa shape index (κ3) is 2.70. The zero-order valence-electron chi connectivity index (χ0n) is 9.77. The van der Waals surface area contributed by atoms with Crippen molar-refractivity contribution in [2.75, 3.05) is 0 Å². The molecule has 0 spiro atoms. The molecular formula is C14H10Na2. The van der Waals surface area contributed by atoms with Crippen molar-refractivity contribution in [3.8, 4) is 0 Å². The van der Waals surface area contributed by atoms with Gasteiger partial charge in [-0.15, -0.1) is 24.3 Å². The minimum atomic E-state index is 0. The van der Waals surface area contributed by atoms with Crippen LogP contribution in [0.5, 0.6) is 0 Å². The van der Waals surface area contributed by atoms with E-state index >= 15 is 0 Å². The summed E-state index contributed by atoms with van der Waals surface area (Å²) in [6.07, 6.45) is 4.48. The van der Waals surface area contributed by atoms with Crippen molar-refractivity contribution in [3.05, 3.63) is 83.6 Å². The second-order valence-corrected chi connectivity index (χ2v) is 3.55. The number of fused-ring (bicyclic) bond motifs is 2. The number of benzene rings is 2. The first-order valence-corrected chi connectivity index (χ1v) is 4.81. The molecule has 0 heterocycles. The van der Waals surface area contributed by atoms with Gasteiger partial charge in [0.15, 0.2) is 0 Å². The van der Waals surface area contributed by atoms with Crippen molar-refractivity contribution >= 4 is 0 Å². The summed E-state index contributed by atoms with van der Waals surface area (Å²) >= 11 is 0. The molecule has 0 saturated carbocycles. The van der Waals surface area contributed by atoms with Crippen molar-refractivity contribution in [2.45, 2.75) is 0 Å². The average molecular weight is 224 g/mol. The van der Waals surface area contributed by atoms with E-state index in [9.17, 15) is 0 Å². The van der Waals surface area contributed by atoms with E-state index in [1.54, 1.807) is 0 Å². The first kappa shape index (κ1) is 14.2. The molecule has 0 aromatic heterocycles. The maximum absolute atomic E-state index is 2.24. The number of rotatable bonds is 0. The number of hydrogen-bond donors (Lipinski definition) is 0. The molecule has 0 radical (unpaired) electrons. The van der Waals surface area contributed by atoms with Crippen LogP contribution in [0.2, 0.25) is 0 Å². The molecule has 2 heteroatoms. The van der Waals surface area contributed by atoms with Gasteiger partial charge in [0, 0.05) is 0 Å². The van der Waals surface area contributed by atoms with Gasteiger partial charge in [0.05, 0.1) is 0 Å². The molecule has 0 saturated heterocycles. The van der Waals surface area contributed by atoms with E-state index in [2.05, 4.69) is 61.4 Å². The van der Waals surface area contributed by atoms with Crippen LogP contribution in [-0.2, 0) is 0 Å². The smallest absolute Gasteiger partial charge is 0.193 e. The van der Waals surface area contributed by atoms with Gasteiger partial charge < -0.3 is 0 Å². The van der Waals surface area contributed by atoms with Gasteiger partial charge in [0.1, 0.15) is 0 Å². The first-order valence-electron chi connectivity index (χ1n) is 4.81. The molecule has 0 nitrogen and oxygen atoms in total. The van der Waals surface area contributed by atoms with Crippen LogP contribution in [-0.4, -0.2) is 0 Å². The first-order chi connectivity index (χ1) is 6.93. The summed E-state index contributed by atoms with van der Waals surface area (Å²) in [4.78, 5) is 0. The summed E-state index contributed by atoms with van der Waals surface area (Å²) in [7, 11) is 0. The fourth-order valence-electron chi connectivity index (χ4n) is 1.88. The molecule has 0 bridgehead atoms. The summed E-state index contributed by atoms with van der Waals surface area (Å²) in [5.74, 6) is 0. The van der Waals surface area contributed by atoms with Gasteiger partial charge in [-0.3, -0.25) is 0 Å². The van der Waals surface area contributed by atoms with E-state index in [1.807, 2.05) is 0 Å². The summed E-state index contributed by atoms with van der Waals surface area (Å²) in [6.45, 7) is 0. The Labute approximate surface area is 141 Å². The predicted octanol–water partition coefficient (Wildman–Crippen LogP) is -2.79. The summed E-state index contributed by atoms with van der Waals surface area (Å²) < 4.78 is 0. The van der Waals surface area contributed by atoms with E-state index in [1.165, 1.54) is 22.3 Å². The van der Waals surface area contributed by atoms with Crippen molar-refractivity contribution in [1.82, 2.24) is 0 Å². The van der Waals surface area contributed by atoms with Gasteiger partial charge in [-0.05, 0) is 0 Å². The normalized spacial score (nSPS) is 10.5. The van der Waals surface area contributed by atoms with E-state index in [4.69, 9.17) is 0 Å². The second-order valence-electron chi connectivity index (χ2n) is 3.55. The zero-order chi connectivity index (χ0) is 9.38. The fourth-order valence-corrected chi connectivity index (χ4v) is 1.88. The molecule has 1 aliphatic rings. The maximum Gasteiger partial charge on any atom is 1.00 e. The van der Waals surface area contributed by atoms with Crippen LogP contribution in [0.4, 0.5) is 0 Å². The molecule has 0 fully saturated rings. The molecule has 0 N–H and O–H groups in total. The molecule has 68 valence electrons. The Morgan fingerprint density at radius 3 is 1.00 bits per heavy atom. The SMILES string of the molecule is [Na+].[Na+].c1ccc2c(c1)[CH-]c1ccccc1[CH-]2. The monoisotopic (exact) mass is 224 g/mol. The van der Waals surface area contributed by atoms with Crippen LogP contribution in [0.25, 0.3) is 0 Å². The molecule has 16 heavy (non-hydrogen) atoms. The van der Waals surface area contributed by atoms with Gasteiger partial charge in [-0.1, -0.05) is 0 Å². The zero-order valence-corrected chi connectivity index (χ0v) is 13.8. The molecule has 0 unspecified atom stereocenters. The third-order valence-electron chi connectivity index (χ3n) is 2.61. The minimum absolute atomic E-state index is 0. The molecular weight excluding hydrogens is 214 g/mol. The van der Waals surface area contributed by atoms with Crippen molar-refractivity contribution < 1.29 is 59.1 Å². The Morgan fingerprint density at radius 2 is 0.750 bits per heavy atom. The Kier molecular flexibility index (Phi) is 5.52. The predicted molar refractivity (Wildman–Crippen MR) is 57.9 cm³/mol. The average Bonchev–Trinajstić information content (AvgIpc) is 2.26. The van der Waals surface area contributed by atoms with Crippen LogP contribution in [0.15, 0.2) is 48.5 Å². The van der Waals surface area contributed by atoms with Crippen molar-refractivity contribution in [1.29, 1.82) is 0 Å². The topological polar surface area (TPSA) is 0 Å². The minimum Gasteiger partial charge on any atom is -0.193 e. The molecule has 0 aliphatic heterocycles. The largest absolute Gasteiger partial charge is 1.00 e. The standard InChI is InChI=1S/C14H10.2Na/c1-2-6-12-10-14-8-4-3-7-13(14)9-11(12)5-1;;/h1-10H;;/q-2;2*+1. The Balaban J connectivity index is 0.000000640. The van der Waals surface area contributed by atoms with Crippen LogP contribution >= 0.6 is 0 Å². The summed E-state index contributed by atoms with van der Waals surface area (Å²) in [5.41, 5.74) is 5.25. The molecule has 0 amide bonds. The van der Waals surface area contributed by atoms with Crippen LogP contribution < -0.4 is 59.1 Å². The van der Waals surface area contributed by atoms with Gasteiger partial charge in [-0.2, -0.15) is 59.4 Å². The van der Waals surface area contributed by atoms with Gasteiger partial charge in [0.2, 0.25) is 0 Å². The number of hydrogen-bond acceptors (Lipinski definition) is 0. The second kappa shape index (κ2) is 6.20. The van der Waals surface area contributed by atoms with E-state index in [0.29, 0.717) is 0 Å². The van der Waals surface area contributed by atoms with E-state index < -0.39 is 0 Å². The van der Waals surface area contributed by atoms with Crippen LogP contribution in [0.1, 0.15) is 22.3 Å². The third-order valence-corrected chi connectivity index (χ3v) is 2.61. The Bertz CT molecular complexity index is 390. The summed E-state index contributed by atoms with van der Waals surface area (Å²) in [5, 5.41) is 0. The summed E-state index contributed by atoms with van der Waals surface area (Å²) in [6, 6.07) is 16.9. The Morgan fingerprint density at radius 1 is 0.500 bits per heavy atom. The van der Waals surface area contributed by atoms with Gasteiger partial charge in [0.25, 0.3) is 0 Å². The molecule has 2 aromatic carbocycles. The Hall–Kier alpha value is 0.180. The molecule has 3 rings (SSSR count).